The molecule has 0 spiro atoms. The SMILES string of the molecule is C[C@H](O)c1cc(Br)cc([N+](=O)[O-])c1OCCC(F)(F)F. The van der Waals surface area contributed by atoms with Crippen molar-refractivity contribution in [2.45, 2.75) is 25.6 Å². The first kappa shape index (κ1) is 16.7. The largest absolute Gasteiger partial charge is 0.486 e. The van der Waals surface area contributed by atoms with Gasteiger partial charge in [-0.15, -0.1) is 0 Å². The zero-order valence-corrected chi connectivity index (χ0v) is 11.9. The average Bonchev–Trinajstić information content (AvgIpc) is 2.28. The Morgan fingerprint density at radius 1 is 1.50 bits per heavy atom. The Labute approximate surface area is 120 Å². The molecule has 0 unspecified atom stereocenters. The summed E-state index contributed by atoms with van der Waals surface area (Å²) in [4.78, 5) is 10.1. The Morgan fingerprint density at radius 2 is 2.10 bits per heavy atom. The fraction of sp³-hybridized carbons (Fsp3) is 0.455. The van der Waals surface area contributed by atoms with Crippen LogP contribution in [0.2, 0.25) is 0 Å². The molecular weight excluding hydrogens is 347 g/mol. The van der Waals surface area contributed by atoms with Crippen molar-refractivity contribution in [1.82, 2.24) is 0 Å². The Balaban J connectivity index is 3.10. The smallest absolute Gasteiger partial charge is 0.392 e. The van der Waals surface area contributed by atoms with Gasteiger partial charge in [0, 0.05) is 16.1 Å². The number of alkyl halides is 3. The van der Waals surface area contributed by atoms with E-state index in [1.807, 2.05) is 0 Å². The molecule has 1 rings (SSSR count). The maximum absolute atomic E-state index is 12.1. The number of ether oxygens (including phenoxy) is 1. The third-order valence-electron chi connectivity index (χ3n) is 2.34. The number of halogens is 4. The first-order valence-corrected chi connectivity index (χ1v) is 6.26. The van der Waals surface area contributed by atoms with Crippen molar-refractivity contribution in [2.75, 3.05) is 6.61 Å². The van der Waals surface area contributed by atoms with Crippen LogP contribution in [0.3, 0.4) is 0 Å². The van der Waals surface area contributed by atoms with E-state index >= 15 is 0 Å². The number of hydrogen-bond donors (Lipinski definition) is 1. The molecule has 1 N–H and O–H groups in total. The number of nitrogens with zero attached hydrogens (tertiary/aromatic N) is 1. The highest BCUT2D eigenvalue weighted by Gasteiger charge is 2.29. The Morgan fingerprint density at radius 3 is 2.55 bits per heavy atom. The molecule has 0 aliphatic carbocycles. The molecule has 5 nitrogen and oxygen atoms in total. The van der Waals surface area contributed by atoms with Gasteiger partial charge in [0.05, 0.1) is 24.1 Å². The molecule has 0 saturated heterocycles. The van der Waals surface area contributed by atoms with Crippen molar-refractivity contribution < 1.29 is 27.9 Å². The first-order valence-electron chi connectivity index (χ1n) is 5.47. The molecule has 20 heavy (non-hydrogen) atoms. The van der Waals surface area contributed by atoms with E-state index in [0.29, 0.717) is 4.47 Å². The summed E-state index contributed by atoms with van der Waals surface area (Å²) < 4.78 is 41.4. The van der Waals surface area contributed by atoms with Gasteiger partial charge in [-0.2, -0.15) is 13.2 Å². The molecule has 0 aliphatic heterocycles. The van der Waals surface area contributed by atoms with Gasteiger partial charge in [-0.1, -0.05) is 15.9 Å². The van der Waals surface area contributed by atoms with Crippen LogP contribution in [0.15, 0.2) is 16.6 Å². The van der Waals surface area contributed by atoms with Crippen LogP contribution >= 0.6 is 15.9 Å². The van der Waals surface area contributed by atoms with Gasteiger partial charge < -0.3 is 9.84 Å². The lowest BCUT2D eigenvalue weighted by Gasteiger charge is -2.15. The van der Waals surface area contributed by atoms with Crippen LogP contribution in [0.4, 0.5) is 18.9 Å². The molecule has 1 aromatic rings. The number of nitro groups is 1. The molecule has 0 saturated carbocycles. The van der Waals surface area contributed by atoms with Crippen molar-refractivity contribution in [1.29, 1.82) is 0 Å². The Kier molecular flexibility index (Phi) is 5.35. The molecular formula is C11H11BrF3NO4. The van der Waals surface area contributed by atoms with E-state index in [1.54, 1.807) is 0 Å². The van der Waals surface area contributed by atoms with E-state index in [1.165, 1.54) is 13.0 Å². The highest BCUT2D eigenvalue weighted by atomic mass is 79.9. The molecule has 0 bridgehead atoms. The normalized spacial score (nSPS) is 13.1. The van der Waals surface area contributed by atoms with Crippen LogP contribution in [-0.4, -0.2) is 22.8 Å². The fourth-order valence-corrected chi connectivity index (χ4v) is 1.94. The van der Waals surface area contributed by atoms with Crippen molar-refractivity contribution in [2.24, 2.45) is 0 Å². The van der Waals surface area contributed by atoms with Gasteiger partial charge in [0.1, 0.15) is 0 Å². The molecule has 0 aromatic heterocycles. The molecule has 0 fully saturated rings. The standard InChI is InChI=1S/C11H11BrF3NO4/c1-6(17)8-4-7(12)5-9(16(18)19)10(8)20-3-2-11(13,14)15/h4-6,17H,2-3H2,1H3/t6-/m0/s1. The van der Waals surface area contributed by atoms with Gasteiger partial charge in [0.25, 0.3) is 0 Å². The van der Waals surface area contributed by atoms with Crippen LogP contribution in [0.1, 0.15) is 25.0 Å². The molecule has 0 radical (unpaired) electrons. The van der Waals surface area contributed by atoms with Crippen LogP contribution in [0.5, 0.6) is 5.75 Å². The number of benzene rings is 1. The number of aliphatic hydroxyl groups excluding tert-OH is 1. The minimum atomic E-state index is -4.42. The van der Waals surface area contributed by atoms with E-state index < -0.39 is 35.9 Å². The summed E-state index contributed by atoms with van der Waals surface area (Å²) in [6.45, 7) is 0.577. The predicted molar refractivity (Wildman–Crippen MR) is 67.6 cm³/mol. The topological polar surface area (TPSA) is 72.6 Å². The van der Waals surface area contributed by atoms with Crippen molar-refractivity contribution in [3.8, 4) is 5.75 Å². The summed E-state index contributed by atoms with van der Waals surface area (Å²) >= 11 is 3.03. The van der Waals surface area contributed by atoms with Gasteiger partial charge in [-0.05, 0) is 13.0 Å². The van der Waals surface area contributed by atoms with E-state index in [2.05, 4.69) is 15.9 Å². The number of hydrogen-bond acceptors (Lipinski definition) is 4. The molecule has 112 valence electrons. The molecule has 9 heteroatoms. The van der Waals surface area contributed by atoms with Gasteiger partial charge >= 0.3 is 11.9 Å². The van der Waals surface area contributed by atoms with Crippen molar-refractivity contribution in [3.05, 3.63) is 32.3 Å². The Hall–Kier alpha value is -1.35. The maximum atomic E-state index is 12.1. The maximum Gasteiger partial charge on any atom is 0.392 e. The number of aliphatic hydroxyl groups is 1. The van der Waals surface area contributed by atoms with E-state index in [-0.39, 0.29) is 11.3 Å². The second-order valence-electron chi connectivity index (χ2n) is 3.99. The summed E-state index contributed by atoms with van der Waals surface area (Å²) in [5.41, 5.74) is -0.453. The lowest BCUT2D eigenvalue weighted by Crippen LogP contribution is -2.14. The monoisotopic (exact) mass is 357 g/mol. The third-order valence-corrected chi connectivity index (χ3v) is 2.80. The van der Waals surface area contributed by atoms with Gasteiger partial charge in [0.2, 0.25) is 5.75 Å². The number of nitro benzene ring substituents is 1. The lowest BCUT2D eigenvalue weighted by molar-refractivity contribution is -0.386. The molecule has 0 aliphatic rings. The minimum Gasteiger partial charge on any atom is -0.486 e. The third kappa shape index (κ3) is 4.64. The fourth-order valence-electron chi connectivity index (χ4n) is 1.47. The second kappa shape index (κ2) is 6.40. The van der Waals surface area contributed by atoms with Gasteiger partial charge in [-0.3, -0.25) is 10.1 Å². The van der Waals surface area contributed by atoms with Crippen molar-refractivity contribution in [3.63, 3.8) is 0 Å². The van der Waals surface area contributed by atoms with Gasteiger partial charge in [-0.25, -0.2) is 0 Å². The quantitative estimate of drug-likeness (QED) is 0.643. The highest BCUT2D eigenvalue weighted by Crippen LogP contribution is 2.38. The number of rotatable bonds is 5. The summed E-state index contributed by atoms with van der Waals surface area (Å²) in [6, 6.07) is 2.47. The van der Waals surface area contributed by atoms with Crippen LogP contribution in [-0.2, 0) is 0 Å². The summed E-state index contributed by atoms with van der Waals surface area (Å²) in [6.07, 6.45) is -6.78. The predicted octanol–water partition coefficient (Wildman–Crippen LogP) is 3.74. The molecule has 0 heterocycles. The average molecular weight is 358 g/mol. The highest BCUT2D eigenvalue weighted by molar-refractivity contribution is 9.10. The van der Waals surface area contributed by atoms with E-state index in [4.69, 9.17) is 4.74 Å². The lowest BCUT2D eigenvalue weighted by atomic mass is 10.1. The second-order valence-corrected chi connectivity index (χ2v) is 4.91. The summed E-state index contributed by atoms with van der Waals surface area (Å²) in [7, 11) is 0. The van der Waals surface area contributed by atoms with Gasteiger partial charge in [0.15, 0.2) is 0 Å². The zero-order chi connectivity index (χ0) is 15.5. The van der Waals surface area contributed by atoms with Crippen molar-refractivity contribution >= 4 is 21.6 Å². The van der Waals surface area contributed by atoms with E-state index in [0.717, 1.165) is 6.07 Å². The van der Waals surface area contributed by atoms with E-state index in [9.17, 15) is 28.4 Å². The molecule has 1 atom stereocenters. The minimum absolute atomic E-state index is 0.0493. The zero-order valence-electron chi connectivity index (χ0n) is 10.3. The Bertz CT molecular complexity index is 505. The summed E-state index contributed by atoms with van der Waals surface area (Å²) in [5.74, 6) is -0.350. The van der Waals surface area contributed by atoms with Crippen LogP contribution < -0.4 is 4.74 Å². The van der Waals surface area contributed by atoms with Crippen LogP contribution in [0, 0.1) is 10.1 Å². The summed E-state index contributed by atoms with van der Waals surface area (Å²) in [5, 5.41) is 20.5. The molecule has 1 aromatic carbocycles. The van der Waals surface area contributed by atoms with Crippen LogP contribution in [0.25, 0.3) is 0 Å². The first-order chi connectivity index (χ1) is 9.11. The molecule has 0 amide bonds.